The van der Waals surface area contributed by atoms with Crippen LogP contribution in [0.5, 0.6) is 0 Å². The van der Waals surface area contributed by atoms with Gasteiger partial charge in [0.15, 0.2) is 17.5 Å². The Hall–Kier alpha value is -1.50. The summed E-state index contributed by atoms with van der Waals surface area (Å²) in [7, 11) is 0. The Morgan fingerprint density at radius 1 is 1.28 bits per heavy atom. The van der Waals surface area contributed by atoms with E-state index in [9.17, 15) is 24.9 Å². The lowest BCUT2D eigenvalue weighted by molar-refractivity contribution is -0.205. The molecule has 0 radical (unpaired) electrons. The first-order valence-electron chi connectivity index (χ1n) is 12.1. The number of allylic oxidation sites excluding steroid dienone is 1. The SMILES string of the molecule is CCC(CC)C(=O)O[C@H]1C(C)=C[C@@]23C(=O)[C@@H](C=C(CO)[C@@H](O)[C@]12O)[C@H]1[C@@H](C[C@H]3C)C1(C)C. The van der Waals surface area contributed by atoms with Gasteiger partial charge >= 0.3 is 5.97 Å². The van der Waals surface area contributed by atoms with E-state index in [4.69, 9.17) is 4.74 Å². The summed E-state index contributed by atoms with van der Waals surface area (Å²) in [5.74, 6) is -1.21. The molecule has 0 aromatic carbocycles. The van der Waals surface area contributed by atoms with Gasteiger partial charge in [-0.2, -0.15) is 0 Å². The van der Waals surface area contributed by atoms with Crippen molar-refractivity contribution in [1.82, 2.24) is 0 Å². The maximum Gasteiger partial charge on any atom is 0.309 e. The van der Waals surface area contributed by atoms with Crippen molar-refractivity contribution in [3.05, 3.63) is 23.3 Å². The van der Waals surface area contributed by atoms with Gasteiger partial charge in [-0.3, -0.25) is 9.59 Å². The summed E-state index contributed by atoms with van der Waals surface area (Å²) in [6.45, 7) is 11.4. The number of ketones is 1. The number of ether oxygens (including phenoxy) is 1. The fraction of sp³-hybridized carbons (Fsp3) is 0.769. The number of esters is 1. The second kappa shape index (κ2) is 7.51. The van der Waals surface area contributed by atoms with Crippen molar-refractivity contribution < 1.29 is 29.6 Å². The summed E-state index contributed by atoms with van der Waals surface area (Å²) in [4.78, 5) is 27.2. The van der Waals surface area contributed by atoms with Crippen molar-refractivity contribution in [2.75, 3.05) is 6.61 Å². The third kappa shape index (κ3) is 2.75. The van der Waals surface area contributed by atoms with E-state index >= 15 is 0 Å². The number of carbonyl (C=O) groups is 2. The highest BCUT2D eigenvalue weighted by Crippen LogP contribution is 2.71. The molecule has 6 heteroatoms. The largest absolute Gasteiger partial charge is 0.454 e. The molecule has 0 unspecified atom stereocenters. The summed E-state index contributed by atoms with van der Waals surface area (Å²) >= 11 is 0. The van der Waals surface area contributed by atoms with Gasteiger partial charge in [-0.1, -0.05) is 46.8 Å². The Kier molecular flexibility index (Phi) is 5.55. The van der Waals surface area contributed by atoms with E-state index in [2.05, 4.69) is 13.8 Å². The Balaban J connectivity index is 1.87. The number of fused-ring (bicyclic) bond motifs is 3. The lowest BCUT2D eigenvalue weighted by Crippen LogP contribution is -2.66. The zero-order valence-corrected chi connectivity index (χ0v) is 20.1. The van der Waals surface area contributed by atoms with Crippen molar-refractivity contribution >= 4 is 11.8 Å². The zero-order chi connectivity index (χ0) is 23.8. The fourth-order valence-corrected chi connectivity index (χ4v) is 7.43. The lowest BCUT2D eigenvalue weighted by atomic mass is 9.59. The molecule has 0 heterocycles. The Morgan fingerprint density at radius 3 is 2.47 bits per heavy atom. The monoisotopic (exact) mass is 446 g/mol. The van der Waals surface area contributed by atoms with Crippen molar-refractivity contribution in [3.63, 3.8) is 0 Å². The summed E-state index contributed by atoms with van der Waals surface area (Å²) < 4.78 is 5.88. The first kappa shape index (κ1) is 23.7. The van der Waals surface area contributed by atoms with Crippen molar-refractivity contribution in [1.29, 1.82) is 0 Å². The van der Waals surface area contributed by atoms with Gasteiger partial charge in [-0.25, -0.2) is 0 Å². The Labute approximate surface area is 190 Å². The van der Waals surface area contributed by atoms with Gasteiger partial charge in [-0.05, 0) is 60.5 Å². The van der Waals surface area contributed by atoms with E-state index in [1.807, 2.05) is 20.8 Å². The standard InChI is InChI=1S/C26H38O6/c1-7-15(8-2)23(30)32-22-13(3)11-25-14(4)9-18-19(24(18,5)6)17(21(25)29)10-16(12-27)20(28)26(22,25)31/h10-11,14-15,17-20,22,27-28,31H,7-9,12H2,1-6H3/t14-,17+,18-,19+,20-,22+,25-,26+/m1/s1. The van der Waals surface area contributed by atoms with Crippen LogP contribution in [0.2, 0.25) is 0 Å². The first-order valence-corrected chi connectivity index (χ1v) is 12.1. The summed E-state index contributed by atoms with van der Waals surface area (Å²) in [6.07, 6.45) is 2.76. The van der Waals surface area contributed by atoms with Gasteiger partial charge in [-0.15, -0.1) is 0 Å². The van der Waals surface area contributed by atoms with Gasteiger partial charge < -0.3 is 20.1 Å². The molecule has 0 aromatic rings. The molecule has 3 N–H and O–H groups in total. The van der Waals surface area contributed by atoms with Crippen LogP contribution in [-0.2, 0) is 14.3 Å². The number of Topliss-reactive ketones (excluding diaryl/α,β-unsaturated/α-hetero) is 1. The molecule has 0 aromatic heterocycles. The topological polar surface area (TPSA) is 104 Å². The third-order valence-electron chi connectivity index (χ3n) is 9.45. The van der Waals surface area contributed by atoms with Gasteiger partial charge in [0.25, 0.3) is 0 Å². The molecule has 0 saturated heterocycles. The van der Waals surface area contributed by atoms with Crippen molar-refractivity contribution in [2.45, 2.75) is 78.6 Å². The molecule has 4 aliphatic rings. The predicted octanol–water partition coefficient (Wildman–Crippen LogP) is 2.80. The lowest BCUT2D eigenvalue weighted by Gasteiger charge is -2.49. The Morgan fingerprint density at radius 2 is 1.91 bits per heavy atom. The number of aliphatic hydroxyl groups is 3. The number of carbonyl (C=O) groups excluding carboxylic acids is 2. The van der Waals surface area contributed by atoms with Crippen LogP contribution in [0.1, 0.15) is 60.8 Å². The Bertz CT molecular complexity index is 883. The quantitative estimate of drug-likeness (QED) is 0.443. The van der Waals surface area contributed by atoms with E-state index in [-0.39, 0.29) is 34.5 Å². The van der Waals surface area contributed by atoms with E-state index in [0.29, 0.717) is 24.3 Å². The van der Waals surface area contributed by atoms with E-state index in [1.165, 1.54) is 0 Å². The van der Waals surface area contributed by atoms with Crippen LogP contribution in [0, 0.1) is 40.4 Å². The summed E-state index contributed by atoms with van der Waals surface area (Å²) in [5.41, 5.74) is -2.63. The molecule has 8 atom stereocenters. The third-order valence-corrected chi connectivity index (χ3v) is 9.45. The maximum atomic E-state index is 14.2. The van der Waals surface area contributed by atoms with Crippen LogP contribution in [0.3, 0.4) is 0 Å². The highest BCUT2D eigenvalue weighted by atomic mass is 16.6. The molecule has 32 heavy (non-hydrogen) atoms. The molecule has 0 aliphatic heterocycles. The molecule has 0 amide bonds. The van der Waals surface area contributed by atoms with Crippen LogP contribution < -0.4 is 0 Å². The highest BCUT2D eigenvalue weighted by Gasteiger charge is 2.76. The molecule has 2 fully saturated rings. The molecule has 6 nitrogen and oxygen atoms in total. The van der Waals surface area contributed by atoms with Gasteiger partial charge in [0.05, 0.1) is 17.9 Å². The average molecular weight is 447 g/mol. The summed E-state index contributed by atoms with van der Waals surface area (Å²) in [5, 5.41) is 33.9. The molecule has 178 valence electrons. The zero-order valence-electron chi connectivity index (χ0n) is 20.1. The molecule has 4 rings (SSSR count). The fourth-order valence-electron chi connectivity index (χ4n) is 7.43. The van der Waals surface area contributed by atoms with Crippen LogP contribution in [0.25, 0.3) is 0 Å². The number of hydrogen-bond donors (Lipinski definition) is 3. The van der Waals surface area contributed by atoms with Crippen molar-refractivity contribution in [3.8, 4) is 0 Å². The average Bonchev–Trinajstić information content (AvgIpc) is 3.23. The number of rotatable bonds is 5. The molecular weight excluding hydrogens is 408 g/mol. The van der Waals surface area contributed by atoms with E-state index < -0.39 is 41.7 Å². The molecule has 4 aliphatic carbocycles. The van der Waals surface area contributed by atoms with Crippen LogP contribution in [0.15, 0.2) is 23.3 Å². The molecule has 2 bridgehead atoms. The number of hydrogen-bond acceptors (Lipinski definition) is 6. The minimum absolute atomic E-state index is 0.0145. The van der Waals surface area contributed by atoms with Gasteiger partial charge in [0.1, 0.15) is 6.10 Å². The van der Waals surface area contributed by atoms with Gasteiger partial charge in [0.2, 0.25) is 0 Å². The normalized spacial score (nSPS) is 44.1. The predicted molar refractivity (Wildman–Crippen MR) is 119 cm³/mol. The molecule has 1 spiro atoms. The minimum Gasteiger partial charge on any atom is -0.454 e. The second-order valence-electron chi connectivity index (χ2n) is 11.2. The molecular formula is C26H38O6. The minimum atomic E-state index is -2.06. The number of aliphatic hydroxyl groups excluding tert-OH is 2. The van der Waals surface area contributed by atoms with E-state index in [0.717, 1.165) is 6.42 Å². The summed E-state index contributed by atoms with van der Waals surface area (Å²) in [6, 6.07) is 0. The van der Waals surface area contributed by atoms with E-state index in [1.54, 1.807) is 19.1 Å². The second-order valence-corrected chi connectivity index (χ2v) is 11.2. The van der Waals surface area contributed by atoms with Crippen LogP contribution >= 0.6 is 0 Å². The smallest absolute Gasteiger partial charge is 0.309 e. The molecule has 2 saturated carbocycles. The van der Waals surface area contributed by atoms with Crippen molar-refractivity contribution in [2.24, 2.45) is 40.4 Å². The highest BCUT2D eigenvalue weighted by molar-refractivity contribution is 5.95. The first-order chi connectivity index (χ1) is 14.9. The van der Waals surface area contributed by atoms with Crippen LogP contribution in [-0.4, -0.2) is 51.5 Å². The maximum absolute atomic E-state index is 14.2. The van der Waals surface area contributed by atoms with Gasteiger partial charge in [0, 0.05) is 5.92 Å². The van der Waals surface area contributed by atoms with Crippen LogP contribution in [0.4, 0.5) is 0 Å².